The van der Waals surface area contributed by atoms with Gasteiger partial charge in [-0.05, 0) is 36.5 Å². The number of carbonyl (C=O) groups is 1. The van der Waals surface area contributed by atoms with Gasteiger partial charge in [0.15, 0.2) is 0 Å². The monoisotopic (exact) mass is 348 g/mol. The van der Waals surface area contributed by atoms with Gasteiger partial charge in [-0.3, -0.25) is 0 Å². The number of nitrogens with one attached hydrogen (secondary N) is 2. The average molecular weight is 349 g/mol. The summed E-state index contributed by atoms with van der Waals surface area (Å²) in [6, 6.07) is 2.34. The number of benzene rings is 1. The molecule has 2 N–H and O–H groups in total. The minimum atomic E-state index is -4.48. The van der Waals surface area contributed by atoms with E-state index >= 15 is 0 Å². The molecule has 1 aliphatic carbocycles. The van der Waals surface area contributed by atoms with Gasteiger partial charge in [-0.1, -0.05) is 38.3 Å². The summed E-state index contributed by atoms with van der Waals surface area (Å²) in [6.07, 6.45) is -1.46. The lowest BCUT2D eigenvalue weighted by molar-refractivity contribution is -0.137. The van der Waals surface area contributed by atoms with Gasteiger partial charge in [0.05, 0.1) is 16.3 Å². The van der Waals surface area contributed by atoms with Gasteiger partial charge in [-0.15, -0.1) is 0 Å². The molecule has 1 aromatic rings. The molecule has 2 rings (SSSR count). The average Bonchev–Trinajstić information content (AvgIpc) is 2.45. The van der Waals surface area contributed by atoms with E-state index in [1.165, 1.54) is 0 Å². The second-order valence-corrected chi connectivity index (χ2v) is 6.57. The number of hydrogen-bond donors (Lipinski definition) is 2. The molecule has 1 saturated carbocycles. The second-order valence-electron chi connectivity index (χ2n) is 6.16. The van der Waals surface area contributed by atoms with E-state index in [1.807, 2.05) is 0 Å². The standard InChI is InChI=1S/C16H20ClF3N2O/c1-9-4-3-5-13(10(9)2)21-15(23)22-14-8-11(16(18,19)20)6-7-12(14)17/h6-10,13H,3-5H2,1-2H3,(H2,21,22,23). The van der Waals surface area contributed by atoms with Crippen LogP contribution in [0.1, 0.15) is 38.7 Å². The van der Waals surface area contributed by atoms with Crippen LogP contribution in [0.4, 0.5) is 23.7 Å². The van der Waals surface area contributed by atoms with E-state index in [2.05, 4.69) is 24.5 Å². The summed E-state index contributed by atoms with van der Waals surface area (Å²) >= 11 is 5.88. The third kappa shape index (κ3) is 4.53. The van der Waals surface area contributed by atoms with E-state index in [4.69, 9.17) is 11.6 Å². The lowest BCUT2D eigenvalue weighted by Gasteiger charge is -2.34. The number of rotatable bonds is 2. The van der Waals surface area contributed by atoms with Crippen molar-refractivity contribution < 1.29 is 18.0 Å². The predicted octanol–water partition coefficient (Wildman–Crippen LogP) is 5.31. The Morgan fingerprint density at radius 3 is 2.61 bits per heavy atom. The first kappa shape index (κ1) is 17.9. The first-order valence-corrected chi connectivity index (χ1v) is 8.00. The van der Waals surface area contributed by atoms with Crippen molar-refractivity contribution in [3.05, 3.63) is 28.8 Å². The highest BCUT2D eigenvalue weighted by Gasteiger charge is 2.31. The van der Waals surface area contributed by atoms with Crippen LogP contribution in [-0.4, -0.2) is 12.1 Å². The fourth-order valence-electron chi connectivity index (χ4n) is 2.91. The summed E-state index contributed by atoms with van der Waals surface area (Å²) in [4.78, 5) is 12.1. The number of carbonyl (C=O) groups excluding carboxylic acids is 1. The third-order valence-electron chi connectivity index (χ3n) is 4.57. The topological polar surface area (TPSA) is 41.1 Å². The molecule has 1 aliphatic rings. The molecular weight excluding hydrogens is 329 g/mol. The minimum absolute atomic E-state index is 0.0170. The highest BCUT2D eigenvalue weighted by Crippen LogP contribution is 2.34. The van der Waals surface area contributed by atoms with Crippen LogP contribution in [0.25, 0.3) is 0 Å². The summed E-state index contributed by atoms with van der Waals surface area (Å²) in [5.41, 5.74) is -0.896. The Balaban J connectivity index is 2.05. The molecule has 0 spiro atoms. The SMILES string of the molecule is CC1CCCC(NC(=O)Nc2cc(C(F)(F)F)ccc2Cl)C1C. The Hall–Kier alpha value is -1.43. The second kappa shape index (κ2) is 6.99. The summed E-state index contributed by atoms with van der Waals surface area (Å²) in [7, 11) is 0. The van der Waals surface area contributed by atoms with Crippen molar-refractivity contribution in [3.63, 3.8) is 0 Å². The number of anilines is 1. The lowest BCUT2D eigenvalue weighted by atomic mass is 9.78. The molecule has 128 valence electrons. The van der Waals surface area contributed by atoms with Crippen molar-refractivity contribution in [2.24, 2.45) is 11.8 Å². The normalized spacial score (nSPS) is 25.0. The van der Waals surface area contributed by atoms with Crippen molar-refractivity contribution in [2.75, 3.05) is 5.32 Å². The third-order valence-corrected chi connectivity index (χ3v) is 4.89. The molecule has 7 heteroatoms. The number of hydrogen-bond acceptors (Lipinski definition) is 1. The molecule has 0 saturated heterocycles. The molecule has 3 atom stereocenters. The zero-order valence-electron chi connectivity index (χ0n) is 13.0. The number of urea groups is 1. The molecule has 23 heavy (non-hydrogen) atoms. The largest absolute Gasteiger partial charge is 0.416 e. The van der Waals surface area contributed by atoms with Crippen LogP contribution in [0, 0.1) is 11.8 Å². The zero-order chi connectivity index (χ0) is 17.2. The molecule has 2 amide bonds. The van der Waals surface area contributed by atoms with Crippen LogP contribution in [0.2, 0.25) is 5.02 Å². The van der Waals surface area contributed by atoms with E-state index in [1.54, 1.807) is 0 Å². The van der Waals surface area contributed by atoms with Crippen molar-refractivity contribution in [3.8, 4) is 0 Å². The van der Waals surface area contributed by atoms with Gasteiger partial charge in [0, 0.05) is 6.04 Å². The van der Waals surface area contributed by atoms with E-state index in [-0.39, 0.29) is 16.8 Å². The van der Waals surface area contributed by atoms with Crippen LogP contribution in [0.3, 0.4) is 0 Å². The highest BCUT2D eigenvalue weighted by molar-refractivity contribution is 6.33. The van der Waals surface area contributed by atoms with E-state index in [0.29, 0.717) is 11.8 Å². The van der Waals surface area contributed by atoms with Gasteiger partial charge in [-0.2, -0.15) is 13.2 Å². The maximum absolute atomic E-state index is 12.7. The van der Waals surface area contributed by atoms with Crippen molar-refractivity contribution in [1.82, 2.24) is 5.32 Å². The molecule has 3 nitrogen and oxygen atoms in total. The highest BCUT2D eigenvalue weighted by atomic mass is 35.5. The van der Waals surface area contributed by atoms with E-state index in [9.17, 15) is 18.0 Å². The van der Waals surface area contributed by atoms with Gasteiger partial charge in [0.1, 0.15) is 0 Å². The van der Waals surface area contributed by atoms with Gasteiger partial charge in [-0.25, -0.2) is 4.79 Å². The number of halogens is 4. The van der Waals surface area contributed by atoms with Crippen LogP contribution in [-0.2, 0) is 6.18 Å². The molecule has 0 radical (unpaired) electrons. The first-order valence-electron chi connectivity index (χ1n) is 7.62. The molecule has 3 unspecified atom stereocenters. The van der Waals surface area contributed by atoms with Crippen LogP contribution in [0.5, 0.6) is 0 Å². The van der Waals surface area contributed by atoms with Crippen molar-refractivity contribution in [1.29, 1.82) is 0 Å². The Labute approximate surface area is 138 Å². The molecular formula is C16H20ClF3N2O. The first-order chi connectivity index (χ1) is 10.7. The Morgan fingerprint density at radius 1 is 1.26 bits per heavy atom. The summed E-state index contributed by atoms with van der Waals surface area (Å²) in [6.45, 7) is 4.21. The fourth-order valence-corrected chi connectivity index (χ4v) is 3.07. The van der Waals surface area contributed by atoms with Crippen molar-refractivity contribution in [2.45, 2.75) is 45.3 Å². The summed E-state index contributed by atoms with van der Waals surface area (Å²) < 4.78 is 38.2. The zero-order valence-corrected chi connectivity index (χ0v) is 13.8. The quantitative estimate of drug-likeness (QED) is 0.747. The van der Waals surface area contributed by atoms with Crippen LogP contribution >= 0.6 is 11.6 Å². The molecule has 1 aromatic carbocycles. The predicted molar refractivity (Wildman–Crippen MR) is 84.6 cm³/mol. The molecule has 1 fully saturated rings. The minimum Gasteiger partial charge on any atom is -0.335 e. The van der Waals surface area contributed by atoms with E-state index < -0.39 is 17.8 Å². The van der Waals surface area contributed by atoms with Gasteiger partial charge in [0.25, 0.3) is 0 Å². The van der Waals surface area contributed by atoms with Gasteiger partial charge in [0.2, 0.25) is 0 Å². The number of alkyl halides is 3. The van der Waals surface area contributed by atoms with Crippen LogP contribution < -0.4 is 10.6 Å². The van der Waals surface area contributed by atoms with Gasteiger partial charge < -0.3 is 10.6 Å². The molecule has 0 bridgehead atoms. The van der Waals surface area contributed by atoms with Crippen molar-refractivity contribution >= 4 is 23.3 Å². The summed E-state index contributed by atoms with van der Waals surface area (Å²) in [5.74, 6) is 0.831. The molecule has 0 aromatic heterocycles. The molecule has 0 heterocycles. The smallest absolute Gasteiger partial charge is 0.335 e. The molecule has 0 aliphatic heterocycles. The lowest BCUT2D eigenvalue weighted by Crippen LogP contribution is -2.45. The Morgan fingerprint density at radius 2 is 1.96 bits per heavy atom. The maximum Gasteiger partial charge on any atom is 0.416 e. The van der Waals surface area contributed by atoms with Gasteiger partial charge >= 0.3 is 12.2 Å². The Kier molecular flexibility index (Phi) is 5.45. The maximum atomic E-state index is 12.7. The number of amides is 2. The fraction of sp³-hybridized carbons (Fsp3) is 0.562. The Bertz CT molecular complexity index is 577. The summed E-state index contributed by atoms with van der Waals surface area (Å²) in [5, 5.41) is 5.33. The van der Waals surface area contributed by atoms with E-state index in [0.717, 1.165) is 37.5 Å². The van der Waals surface area contributed by atoms with Crippen LogP contribution in [0.15, 0.2) is 18.2 Å².